The van der Waals surface area contributed by atoms with Gasteiger partial charge >= 0.3 is 0 Å². The predicted octanol–water partition coefficient (Wildman–Crippen LogP) is 2.29. The van der Waals surface area contributed by atoms with Crippen LogP contribution < -0.4 is 0 Å². The van der Waals surface area contributed by atoms with Crippen LogP contribution in [0.2, 0.25) is 0 Å². The van der Waals surface area contributed by atoms with Crippen molar-refractivity contribution >= 4 is 0 Å². The van der Waals surface area contributed by atoms with Crippen molar-refractivity contribution in [1.82, 2.24) is 0 Å². The molecule has 2 fully saturated rings. The lowest BCUT2D eigenvalue weighted by Crippen LogP contribution is -2.45. The first kappa shape index (κ1) is 10.4. The molecule has 0 radical (unpaired) electrons. The van der Waals surface area contributed by atoms with E-state index >= 15 is 0 Å². The van der Waals surface area contributed by atoms with Crippen LogP contribution in [-0.2, 0) is 0 Å². The molecule has 82 valence electrons. The number of hydrogen-bond donors (Lipinski definition) is 2. The molecule has 3 atom stereocenters. The van der Waals surface area contributed by atoms with E-state index in [-0.39, 0.29) is 5.41 Å². The van der Waals surface area contributed by atoms with Crippen LogP contribution in [0.5, 0.6) is 0 Å². The van der Waals surface area contributed by atoms with E-state index in [1.54, 1.807) is 0 Å². The lowest BCUT2D eigenvalue weighted by Gasteiger charge is -2.44. The summed E-state index contributed by atoms with van der Waals surface area (Å²) in [4.78, 5) is 0. The Hall–Kier alpha value is -0.0800. The zero-order chi connectivity index (χ0) is 10.2. The molecule has 2 rings (SSSR count). The van der Waals surface area contributed by atoms with Crippen molar-refractivity contribution in [3.8, 4) is 0 Å². The predicted molar refractivity (Wildman–Crippen MR) is 55.6 cm³/mol. The first-order valence-electron chi connectivity index (χ1n) is 6.08. The third kappa shape index (κ3) is 1.31. The molecule has 0 bridgehead atoms. The summed E-state index contributed by atoms with van der Waals surface area (Å²) in [5.74, 6) is 1.13. The van der Waals surface area contributed by atoms with Gasteiger partial charge in [0.25, 0.3) is 0 Å². The maximum atomic E-state index is 9.70. The molecule has 0 aromatic rings. The summed E-state index contributed by atoms with van der Waals surface area (Å²) in [7, 11) is 0. The van der Waals surface area contributed by atoms with Gasteiger partial charge in [-0.15, -0.1) is 0 Å². The standard InChI is InChI=1S/C12H22O2/c1-2-9-6-7-10-5-3-4-8-12(9,10)11(13)14/h9-11,13-14H,2-8H2,1H3. The minimum Gasteiger partial charge on any atom is -0.368 e. The van der Waals surface area contributed by atoms with Gasteiger partial charge in [-0.1, -0.05) is 26.2 Å². The first-order chi connectivity index (χ1) is 6.71. The second kappa shape index (κ2) is 3.82. The zero-order valence-electron chi connectivity index (χ0n) is 9.08. The van der Waals surface area contributed by atoms with Gasteiger partial charge < -0.3 is 10.2 Å². The third-order valence-corrected chi connectivity index (χ3v) is 4.77. The molecule has 3 unspecified atom stereocenters. The highest BCUT2D eigenvalue weighted by atomic mass is 16.5. The second-order valence-corrected chi connectivity index (χ2v) is 5.11. The van der Waals surface area contributed by atoms with Gasteiger partial charge in [0.2, 0.25) is 0 Å². The highest BCUT2D eigenvalue weighted by Gasteiger charge is 2.53. The number of aliphatic hydroxyl groups is 2. The Morgan fingerprint density at radius 1 is 1.21 bits per heavy atom. The normalized spacial score (nSPS) is 42.9. The van der Waals surface area contributed by atoms with Gasteiger partial charge in [-0.2, -0.15) is 0 Å². The first-order valence-corrected chi connectivity index (χ1v) is 6.08. The maximum absolute atomic E-state index is 9.70. The second-order valence-electron chi connectivity index (χ2n) is 5.11. The summed E-state index contributed by atoms with van der Waals surface area (Å²) in [5.41, 5.74) is -0.132. The van der Waals surface area contributed by atoms with E-state index in [4.69, 9.17) is 0 Å². The maximum Gasteiger partial charge on any atom is 0.157 e. The number of aliphatic hydroxyl groups excluding tert-OH is 1. The van der Waals surface area contributed by atoms with Gasteiger partial charge in [0.1, 0.15) is 0 Å². The van der Waals surface area contributed by atoms with Crippen LogP contribution in [0, 0.1) is 17.3 Å². The van der Waals surface area contributed by atoms with Crippen LogP contribution >= 0.6 is 0 Å². The van der Waals surface area contributed by atoms with E-state index in [0.29, 0.717) is 11.8 Å². The van der Waals surface area contributed by atoms with Crippen LogP contribution in [0.1, 0.15) is 51.9 Å². The van der Waals surface area contributed by atoms with E-state index in [0.717, 1.165) is 12.8 Å². The molecule has 2 heteroatoms. The molecular formula is C12H22O2. The third-order valence-electron chi connectivity index (χ3n) is 4.77. The molecule has 0 saturated heterocycles. The molecule has 14 heavy (non-hydrogen) atoms. The van der Waals surface area contributed by atoms with E-state index in [1.807, 2.05) is 0 Å². The Bertz CT molecular complexity index is 194. The highest BCUT2D eigenvalue weighted by molar-refractivity contribution is 5.00. The van der Waals surface area contributed by atoms with Crippen molar-refractivity contribution in [2.45, 2.75) is 58.2 Å². The monoisotopic (exact) mass is 198 g/mol. The Kier molecular flexibility index (Phi) is 2.85. The van der Waals surface area contributed by atoms with Gasteiger partial charge in [0, 0.05) is 5.41 Å². The quantitative estimate of drug-likeness (QED) is 0.668. The largest absolute Gasteiger partial charge is 0.368 e. The fraction of sp³-hybridized carbons (Fsp3) is 1.00. The fourth-order valence-electron chi connectivity index (χ4n) is 4.05. The molecule has 2 N–H and O–H groups in total. The van der Waals surface area contributed by atoms with Crippen LogP contribution in [0.3, 0.4) is 0 Å². The molecule has 0 spiro atoms. The van der Waals surface area contributed by atoms with Crippen LogP contribution in [0.25, 0.3) is 0 Å². The topological polar surface area (TPSA) is 40.5 Å². The van der Waals surface area contributed by atoms with Crippen molar-refractivity contribution in [3.05, 3.63) is 0 Å². The Balaban J connectivity index is 2.25. The van der Waals surface area contributed by atoms with Crippen molar-refractivity contribution in [1.29, 1.82) is 0 Å². The minimum atomic E-state index is -1.08. The molecular weight excluding hydrogens is 176 g/mol. The summed E-state index contributed by atoms with van der Waals surface area (Å²) < 4.78 is 0. The molecule has 0 heterocycles. The molecule has 0 aromatic heterocycles. The van der Waals surface area contributed by atoms with Gasteiger partial charge in [0.15, 0.2) is 6.29 Å². The lowest BCUT2D eigenvalue weighted by atomic mass is 9.63. The molecule has 2 nitrogen and oxygen atoms in total. The molecule has 0 aliphatic heterocycles. The average Bonchev–Trinajstić information content (AvgIpc) is 2.57. The van der Waals surface area contributed by atoms with Crippen molar-refractivity contribution < 1.29 is 10.2 Å². The van der Waals surface area contributed by atoms with Gasteiger partial charge in [0.05, 0.1) is 0 Å². The van der Waals surface area contributed by atoms with E-state index in [1.165, 1.54) is 32.1 Å². The van der Waals surface area contributed by atoms with E-state index in [2.05, 4.69) is 6.92 Å². The summed E-state index contributed by atoms with van der Waals surface area (Å²) in [6.45, 7) is 2.19. The van der Waals surface area contributed by atoms with Gasteiger partial charge in [-0.3, -0.25) is 0 Å². The average molecular weight is 198 g/mol. The van der Waals surface area contributed by atoms with Crippen LogP contribution in [0.15, 0.2) is 0 Å². The van der Waals surface area contributed by atoms with Crippen molar-refractivity contribution in [2.75, 3.05) is 0 Å². The van der Waals surface area contributed by atoms with Crippen molar-refractivity contribution in [3.63, 3.8) is 0 Å². The summed E-state index contributed by atoms with van der Waals surface area (Å²) >= 11 is 0. The SMILES string of the molecule is CCC1CCC2CCCCC12C(O)O. The smallest absolute Gasteiger partial charge is 0.157 e. The van der Waals surface area contributed by atoms with Gasteiger partial charge in [-0.25, -0.2) is 0 Å². The summed E-state index contributed by atoms with van der Waals surface area (Å²) in [6, 6.07) is 0. The summed E-state index contributed by atoms with van der Waals surface area (Å²) in [6.07, 6.45) is 7.17. The number of fused-ring (bicyclic) bond motifs is 1. The van der Waals surface area contributed by atoms with Crippen LogP contribution in [-0.4, -0.2) is 16.5 Å². The Labute approximate surface area is 86.3 Å². The van der Waals surface area contributed by atoms with E-state index in [9.17, 15) is 10.2 Å². The number of hydrogen-bond acceptors (Lipinski definition) is 2. The minimum absolute atomic E-state index is 0.132. The summed E-state index contributed by atoms with van der Waals surface area (Å²) in [5, 5.41) is 19.4. The highest BCUT2D eigenvalue weighted by Crippen LogP contribution is 2.58. The Morgan fingerprint density at radius 3 is 2.64 bits per heavy atom. The van der Waals surface area contributed by atoms with E-state index < -0.39 is 6.29 Å². The number of rotatable bonds is 2. The zero-order valence-corrected chi connectivity index (χ0v) is 9.08. The van der Waals surface area contributed by atoms with Gasteiger partial charge in [-0.05, 0) is 37.5 Å². The molecule has 0 amide bonds. The van der Waals surface area contributed by atoms with Crippen LogP contribution in [0.4, 0.5) is 0 Å². The lowest BCUT2D eigenvalue weighted by molar-refractivity contribution is -0.180. The molecule has 2 aliphatic carbocycles. The van der Waals surface area contributed by atoms with Crippen molar-refractivity contribution in [2.24, 2.45) is 17.3 Å². The molecule has 2 saturated carbocycles. The fourth-order valence-corrected chi connectivity index (χ4v) is 4.05. The Morgan fingerprint density at radius 2 is 2.00 bits per heavy atom. The molecule has 0 aromatic carbocycles. The molecule has 2 aliphatic rings.